The van der Waals surface area contributed by atoms with Gasteiger partial charge in [-0.3, -0.25) is 9.59 Å². The van der Waals surface area contributed by atoms with Crippen LogP contribution < -0.4 is 11.1 Å². The van der Waals surface area contributed by atoms with E-state index in [2.05, 4.69) is 10.2 Å². The second-order valence-corrected chi connectivity index (χ2v) is 9.34. The second-order valence-electron chi connectivity index (χ2n) is 9.34. The van der Waals surface area contributed by atoms with Crippen LogP contribution in [0.2, 0.25) is 0 Å². The highest BCUT2D eigenvalue weighted by molar-refractivity contribution is 5.84. The molecule has 0 saturated heterocycles. The average Bonchev–Trinajstić information content (AvgIpc) is 2.96. The monoisotopic (exact) mass is 520 g/mol. The first-order valence-corrected chi connectivity index (χ1v) is 12.4. The van der Waals surface area contributed by atoms with Crippen LogP contribution in [-0.2, 0) is 19.5 Å². The fraction of sp³-hybridized carbons (Fsp3) is 0.0968. The van der Waals surface area contributed by atoms with Crippen LogP contribution in [0.1, 0.15) is 22.5 Å². The van der Waals surface area contributed by atoms with Gasteiger partial charge in [-0.25, -0.2) is 18.1 Å². The number of hydrogen-bond acceptors (Lipinski definition) is 4. The molecular formula is C31H22F2N4O2. The van der Waals surface area contributed by atoms with E-state index in [4.69, 9.17) is 0 Å². The van der Waals surface area contributed by atoms with E-state index in [1.54, 1.807) is 48.5 Å². The molecule has 0 unspecified atom stereocenters. The summed E-state index contributed by atoms with van der Waals surface area (Å²) in [4.78, 5) is 26.9. The number of fused-ring (bicyclic) bond motifs is 2. The Balaban J connectivity index is 1.46. The molecule has 0 aliphatic rings. The van der Waals surface area contributed by atoms with Crippen molar-refractivity contribution in [2.45, 2.75) is 19.5 Å². The minimum Gasteiger partial charge on any atom is -0.267 e. The van der Waals surface area contributed by atoms with Gasteiger partial charge in [0.1, 0.15) is 18.3 Å². The molecule has 6 aromatic rings. The Hall–Kier alpha value is -4.98. The lowest BCUT2D eigenvalue weighted by atomic mass is 10.0. The SMILES string of the molecule is O=c1c2ccccc2c(Cc2ccc(F)cc2)nn1Cn1nc(Cc2ccc(F)cc2)c2ccccc2c1=O. The van der Waals surface area contributed by atoms with Crippen LogP contribution in [0.25, 0.3) is 21.5 Å². The molecule has 0 aliphatic carbocycles. The molecule has 6 nitrogen and oxygen atoms in total. The van der Waals surface area contributed by atoms with Crippen molar-refractivity contribution >= 4 is 21.5 Å². The van der Waals surface area contributed by atoms with Gasteiger partial charge in [0.25, 0.3) is 11.1 Å². The molecule has 0 fully saturated rings. The molecule has 0 radical (unpaired) electrons. The first-order valence-electron chi connectivity index (χ1n) is 12.4. The van der Waals surface area contributed by atoms with Gasteiger partial charge in [-0.1, -0.05) is 60.7 Å². The molecule has 6 rings (SSSR count). The minimum absolute atomic E-state index is 0.194. The van der Waals surface area contributed by atoms with Gasteiger partial charge in [-0.15, -0.1) is 0 Å². The van der Waals surface area contributed by atoms with Gasteiger partial charge in [-0.2, -0.15) is 10.2 Å². The van der Waals surface area contributed by atoms with E-state index in [1.807, 2.05) is 24.3 Å². The molecule has 192 valence electrons. The topological polar surface area (TPSA) is 69.8 Å². The first kappa shape index (κ1) is 24.4. The Morgan fingerprint density at radius 1 is 0.513 bits per heavy atom. The Labute approximate surface area is 221 Å². The largest absolute Gasteiger partial charge is 0.276 e. The van der Waals surface area contributed by atoms with Gasteiger partial charge in [0.15, 0.2) is 0 Å². The van der Waals surface area contributed by atoms with Crippen molar-refractivity contribution in [1.82, 2.24) is 19.6 Å². The van der Waals surface area contributed by atoms with Crippen molar-refractivity contribution in [3.05, 3.63) is 152 Å². The number of halogens is 2. The summed E-state index contributed by atoms with van der Waals surface area (Å²) in [5, 5.41) is 11.6. The summed E-state index contributed by atoms with van der Waals surface area (Å²) < 4.78 is 29.4. The third-order valence-electron chi connectivity index (χ3n) is 6.73. The molecule has 39 heavy (non-hydrogen) atoms. The van der Waals surface area contributed by atoms with Gasteiger partial charge >= 0.3 is 0 Å². The van der Waals surface area contributed by atoms with Gasteiger partial charge < -0.3 is 0 Å². The Morgan fingerprint density at radius 2 is 0.872 bits per heavy atom. The molecule has 0 aliphatic heterocycles. The maximum absolute atomic E-state index is 13.5. The van der Waals surface area contributed by atoms with Crippen LogP contribution in [0.15, 0.2) is 107 Å². The number of benzene rings is 4. The van der Waals surface area contributed by atoms with Crippen molar-refractivity contribution in [1.29, 1.82) is 0 Å². The van der Waals surface area contributed by atoms with Crippen LogP contribution in [0.3, 0.4) is 0 Å². The molecule has 0 saturated carbocycles. The molecule has 0 N–H and O–H groups in total. The van der Waals surface area contributed by atoms with Gasteiger partial charge in [0.05, 0.1) is 22.2 Å². The van der Waals surface area contributed by atoms with Crippen molar-refractivity contribution in [2.24, 2.45) is 0 Å². The zero-order valence-electron chi connectivity index (χ0n) is 20.7. The van der Waals surface area contributed by atoms with E-state index < -0.39 is 0 Å². The zero-order chi connectivity index (χ0) is 26.9. The summed E-state index contributed by atoms with van der Waals surface area (Å²) >= 11 is 0. The third kappa shape index (κ3) is 4.84. The number of nitrogens with zero attached hydrogens (tertiary/aromatic N) is 4. The quantitative estimate of drug-likeness (QED) is 0.308. The third-order valence-corrected chi connectivity index (χ3v) is 6.73. The predicted octanol–water partition coefficient (Wildman–Crippen LogP) is 5.07. The van der Waals surface area contributed by atoms with Crippen molar-refractivity contribution in [3.8, 4) is 0 Å². The maximum atomic E-state index is 13.5. The van der Waals surface area contributed by atoms with E-state index >= 15 is 0 Å². The smallest absolute Gasteiger partial charge is 0.267 e. The summed E-state index contributed by atoms with van der Waals surface area (Å²) in [6.07, 6.45) is 0.744. The molecule has 8 heteroatoms. The van der Waals surface area contributed by atoms with Gasteiger partial charge in [0.2, 0.25) is 0 Å². The van der Waals surface area contributed by atoms with E-state index in [9.17, 15) is 18.4 Å². The molecule has 0 spiro atoms. The Kier molecular flexibility index (Phi) is 6.28. The minimum atomic E-state index is -0.351. The fourth-order valence-electron chi connectivity index (χ4n) is 4.78. The van der Waals surface area contributed by atoms with Crippen LogP contribution >= 0.6 is 0 Å². The highest BCUT2D eigenvalue weighted by Gasteiger charge is 2.15. The van der Waals surface area contributed by atoms with E-state index in [0.29, 0.717) is 45.8 Å². The Morgan fingerprint density at radius 3 is 1.26 bits per heavy atom. The van der Waals surface area contributed by atoms with E-state index in [1.165, 1.54) is 33.6 Å². The lowest BCUT2D eigenvalue weighted by Gasteiger charge is -2.14. The summed E-state index contributed by atoms with van der Waals surface area (Å²) in [5.41, 5.74) is 2.21. The van der Waals surface area contributed by atoms with Crippen LogP contribution in [0.5, 0.6) is 0 Å². The molecule has 2 aromatic heterocycles. The predicted molar refractivity (Wildman–Crippen MR) is 146 cm³/mol. The average molecular weight is 521 g/mol. The normalized spacial score (nSPS) is 11.3. The number of aromatic nitrogens is 4. The molecule has 2 heterocycles. The number of hydrogen-bond donors (Lipinski definition) is 0. The summed E-state index contributed by atoms with van der Waals surface area (Å²) in [7, 11) is 0. The summed E-state index contributed by atoms with van der Waals surface area (Å²) in [5.74, 6) is -0.667. The maximum Gasteiger partial charge on any atom is 0.276 e. The standard InChI is InChI=1S/C31H22F2N4O2/c32-22-13-9-20(10-14-22)17-28-24-5-1-3-7-26(24)30(38)36(34-28)19-37-31(39)27-8-4-2-6-25(27)29(35-37)18-21-11-15-23(33)16-12-21/h1-16H,17-19H2. The zero-order valence-corrected chi connectivity index (χ0v) is 20.7. The van der Waals surface area contributed by atoms with E-state index in [0.717, 1.165) is 11.1 Å². The van der Waals surface area contributed by atoms with Crippen molar-refractivity contribution in [2.75, 3.05) is 0 Å². The van der Waals surface area contributed by atoms with Gasteiger partial charge in [-0.05, 0) is 47.5 Å². The fourth-order valence-corrected chi connectivity index (χ4v) is 4.78. The lowest BCUT2D eigenvalue weighted by Crippen LogP contribution is -2.34. The second kappa shape index (κ2) is 10.1. The molecule has 0 bridgehead atoms. The van der Waals surface area contributed by atoms with Crippen LogP contribution in [-0.4, -0.2) is 19.6 Å². The number of rotatable bonds is 6. The molecule has 0 amide bonds. The van der Waals surface area contributed by atoms with E-state index in [-0.39, 0.29) is 29.4 Å². The first-order chi connectivity index (χ1) is 19.0. The van der Waals surface area contributed by atoms with Gasteiger partial charge in [0, 0.05) is 23.6 Å². The lowest BCUT2D eigenvalue weighted by molar-refractivity contribution is 0.460. The highest BCUT2D eigenvalue weighted by Crippen LogP contribution is 2.19. The van der Waals surface area contributed by atoms with Crippen molar-refractivity contribution < 1.29 is 8.78 Å². The Bertz CT molecular complexity index is 1800. The summed E-state index contributed by atoms with van der Waals surface area (Å²) in [6.45, 7) is -0.194. The van der Waals surface area contributed by atoms with Crippen LogP contribution in [0, 0.1) is 11.6 Å². The highest BCUT2D eigenvalue weighted by atomic mass is 19.1. The molecule has 0 atom stereocenters. The molecular weight excluding hydrogens is 498 g/mol. The van der Waals surface area contributed by atoms with Crippen molar-refractivity contribution in [3.63, 3.8) is 0 Å². The summed E-state index contributed by atoms with van der Waals surface area (Å²) in [6, 6.07) is 26.6. The molecule has 4 aromatic carbocycles. The van der Waals surface area contributed by atoms with Crippen LogP contribution in [0.4, 0.5) is 8.78 Å².